The summed E-state index contributed by atoms with van der Waals surface area (Å²) in [5, 5.41) is 7.44. The van der Waals surface area contributed by atoms with Gasteiger partial charge in [-0.15, -0.1) is 0 Å². The number of esters is 1. The largest absolute Gasteiger partial charge is 0.464 e. The van der Waals surface area contributed by atoms with Crippen molar-refractivity contribution in [1.82, 2.24) is 25.1 Å². The Morgan fingerprint density at radius 2 is 1.78 bits per heavy atom. The van der Waals surface area contributed by atoms with Gasteiger partial charge in [-0.25, -0.2) is 19.6 Å². The molecule has 2 N–H and O–H groups in total. The molecule has 196 valence electrons. The van der Waals surface area contributed by atoms with E-state index in [-0.39, 0.29) is 17.9 Å². The summed E-state index contributed by atoms with van der Waals surface area (Å²) in [5.41, 5.74) is 0.835. The molecule has 0 bridgehead atoms. The molecule has 1 saturated carbocycles. The van der Waals surface area contributed by atoms with Crippen molar-refractivity contribution in [1.29, 1.82) is 0 Å². The van der Waals surface area contributed by atoms with Gasteiger partial charge in [0.15, 0.2) is 0 Å². The molecule has 0 unspecified atom stereocenters. The quantitative estimate of drug-likeness (QED) is 0.537. The number of nitrogens with zero attached hydrogens (tertiary/aromatic N) is 4. The van der Waals surface area contributed by atoms with Gasteiger partial charge in [-0.05, 0) is 37.8 Å². The number of benzene rings is 1. The van der Waals surface area contributed by atoms with Crippen LogP contribution in [0.3, 0.4) is 0 Å². The number of para-hydroxylation sites is 1. The minimum absolute atomic E-state index is 0.0362. The zero-order valence-electron chi connectivity index (χ0n) is 21.8. The molecular formula is C27H40N6O3. The molecule has 2 amide bonds. The summed E-state index contributed by atoms with van der Waals surface area (Å²) < 4.78 is 5.29. The first-order valence-electron chi connectivity index (χ1n) is 13.4. The third-order valence-corrected chi connectivity index (χ3v) is 7.11. The summed E-state index contributed by atoms with van der Waals surface area (Å²) >= 11 is 0. The Labute approximate surface area is 214 Å². The number of fused-ring (bicyclic) bond motifs is 1. The van der Waals surface area contributed by atoms with Gasteiger partial charge in [0.25, 0.3) is 0 Å². The predicted octanol–water partition coefficient (Wildman–Crippen LogP) is 3.79. The Balaban J connectivity index is 1.41. The zero-order valence-corrected chi connectivity index (χ0v) is 21.8. The van der Waals surface area contributed by atoms with Gasteiger partial charge in [0.05, 0.1) is 18.7 Å². The highest BCUT2D eigenvalue weighted by Gasteiger charge is 2.27. The standard InChI is InChI=1S/C27H40N6O3/c1-4-36-26(34)24(19(2)3)31-25-21-12-8-9-13-22(21)29-23(30-25)18-32-14-16-33(17-15-32)27(35)28-20-10-6-5-7-11-20/h8-9,12-13,19-20,24H,4-7,10-11,14-18H2,1-3H3,(H,28,35)(H,29,30,31)/t24-/m0/s1. The summed E-state index contributed by atoms with van der Waals surface area (Å²) in [6.07, 6.45) is 5.88. The average molecular weight is 497 g/mol. The highest BCUT2D eigenvalue weighted by molar-refractivity contribution is 5.91. The molecule has 2 aromatic rings. The van der Waals surface area contributed by atoms with Gasteiger partial charge < -0.3 is 20.3 Å². The van der Waals surface area contributed by atoms with Crippen molar-refractivity contribution in [2.24, 2.45) is 5.92 Å². The molecule has 9 heteroatoms. The number of hydrogen-bond donors (Lipinski definition) is 2. The van der Waals surface area contributed by atoms with Gasteiger partial charge >= 0.3 is 12.0 Å². The van der Waals surface area contributed by atoms with Crippen molar-refractivity contribution in [3.8, 4) is 0 Å². The highest BCUT2D eigenvalue weighted by Crippen LogP contribution is 2.23. The number of piperazine rings is 1. The van der Waals surface area contributed by atoms with Crippen LogP contribution in [0.15, 0.2) is 24.3 Å². The van der Waals surface area contributed by atoms with E-state index < -0.39 is 6.04 Å². The summed E-state index contributed by atoms with van der Waals surface area (Å²) in [4.78, 5) is 39.1. The molecule has 4 rings (SSSR count). The Morgan fingerprint density at radius 1 is 1.06 bits per heavy atom. The Kier molecular flexibility index (Phi) is 8.96. The van der Waals surface area contributed by atoms with E-state index >= 15 is 0 Å². The molecule has 1 aliphatic carbocycles. The second-order valence-electron chi connectivity index (χ2n) is 10.2. The van der Waals surface area contributed by atoms with Gasteiger partial charge in [-0.3, -0.25) is 4.90 Å². The van der Waals surface area contributed by atoms with Crippen molar-refractivity contribution in [2.45, 2.75) is 71.5 Å². The van der Waals surface area contributed by atoms with Crippen LogP contribution in [0.5, 0.6) is 0 Å². The minimum Gasteiger partial charge on any atom is -0.464 e. The molecule has 1 aromatic carbocycles. The van der Waals surface area contributed by atoms with E-state index in [0.29, 0.717) is 43.9 Å². The van der Waals surface area contributed by atoms with Crippen molar-refractivity contribution in [3.63, 3.8) is 0 Å². The summed E-state index contributed by atoms with van der Waals surface area (Å²) in [7, 11) is 0. The van der Waals surface area contributed by atoms with E-state index in [1.165, 1.54) is 19.3 Å². The van der Waals surface area contributed by atoms with Crippen LogP contribution in [0, 0.1) is 5.92 Å². The number of hydrogen-bond acceptors (Lipinski definition) is 7. The van der Waals surface area contributed by atoms with Crippen LogP contribution in [0.2, 0.25) is 0 Å². The van der Waals surface area contributed by atoms with E-state index in [1.54, 1.807) is 0 Å². The first-order valence-corrected chi connectivity index (χ1v) is 13.4. The fraction of sp³-hybridized carbons (Fsp3) is 0.630. The monoisotopic (exact) mass is 496 g/mol. The van der Waals surface area contributed by atoms with E-state index in [4.69, 9.17) is 14.7 Å². The van der Waals surface area contributed by atoms with Crippen LogP contribution in [0.1, 0.15) is 58.7 Å². The first kappa shape index (κ1) is 26.1. The third-order valence-electron chi connectivity index (χ3n) is 7.11. The van der Waals surface area contributed by atoms with Crippen molar-refractivity contribution in [2.75, 3.05) is 38.1 Å². The number of nitrogens with one attached hydrogen (secondary N) is 2. The van der Waals surface area contributed by atoms with Gasteiger partial charge in [0.2, 0.25) is 0 Å². The van der Waals surface area contributed by atoms with Crippen LogP contribution >= 0.6 is 0 Å². The minimum atomic E-state index is -0.498. The lowest BCUT2D eigenvalue weighted by Crippen LogP contribution is -2.53. The molecule has 1 saturated heterocycles. The van der Waals surface area contributed by atoms with E-state index in [9.17, 15) is 9.59 Å². The van der Waals surface area contributed by atoms with E-state index in [0.717, 1.165) is 36.8 Å². The molecule has 2 heterocycles. The van der Waals surface area contributed by atoms with Crippen LogP contribution in [-0.2, 0) is 16.1 Å². The van der Waals surface area contributed by atoms with Crippen molar-refractivity contribution >= 4 is 28.7 Å². The SMILES string of the molecule is CCOC(=O)[C@@H](Nc1nc(CN2CCN(C(=O)NC3CCCCC3)CC2)nc2ccccc12)C(C)C. The Hall–Kier alpha value is -2.94. The van der Waals surface area contributed by atoms with Gasteiger partial charge in [-0.2, -0.15) is 0 Å². The molecule has 2 aliphatic rings. The number of aromatic nitrogens is 2. The molecule has 2 fully saturated rings. The first-order chi connectivity index (χ1) is 17.4. The zero-order chi connectivity index (χ0) is 25.5. The van der Waals surface area contributed by atoms with E-state index in [2.05, 4.69) is 15.5 Å². The van der Waals surface area contributed by atoms with Crippen molar-refractivity contribution in [3.05, 3.63) is 30.1 Å². The second-order valence-corrected chi connectivity index (χ2v) is 10.2. The van der Waals surface area contributed by atoms with Crippen molar-refractivity contribution < 1.29 is 14.3 Å². The molecule has 0 radical (unpaired) electrons. The lowest BCUT2D eigenvalue weighted by molar-refractivity contribution is -0.145. The molecule has 1 aromatic heterocycles. The second kappa shape index (κ2) is 12.3. The maximum Gasteiger partial charge on any atom is 0.328 e. The number of anilines is 1. The molecule has 0 spiro atoms. The summed E-state index contributed by atoms with van der Waals surface area (Å²) in [6, 6.07) is 7.73. The number of ether oxygens (including phenoxy) is 1. The maximum absolute atomic E-state index is 12.7. The predicted molar refractivity (Wildman–Crippen MR) is 141 cm³/mol. The maximum atomic E-state index is 12.7. The van der Waals surface area contributed by atoms with E-state index in [1.807, 2.05) is 49.9 Å². The number of urea groups is 1. The highest BCUT2D eigenvalue weighted by atomic mass is 16.5. The number of carbonyl (C=O) groups is 2. The van der Waals surface area contributed by atoms with Crippen LogP contribution in [-0.4, -0.2) is 76.6 Å². The van der Waals surface area contributed by atoms with Crippen LogP contribution in [0.25, 0.3) is 10.9 Å². The average Bonchev–Trinajstić information content (AvgIpc) is 2.88. The molecular weight excluding hydrogens is 456 g/mol. The fourth-order valence-corrected chi connectivity index (χ4v) is 5.00. The van der Waals surface area contributed by atoms with Crippen LogP contribution < -0.4 is 10.6 Å². The summed E-state index contributed by atoms with van der Waals surface area (Å²) in [6.45, 7) is 9.64. The van der Waals surface area contributed by atoms with Gasteiger partial charge in [0.1, 0.15) is 17.7 Å². The molecule has 36 heavy (non-hydrogen) atoms. The van der Waals surface area contributed by atoms with Gasteiger partial charge in [0, 0.05) is 37.6 Å². The van der Waals surface area contributed by atoms with Crippen LogP contribution in [0.4, 0.5) is 10.6 Å². The fourth-order valence-electron chi connectivity index (χ4n) is 5.00. The number of amides is 2. The topological polar surface area (TPSA) is 99.7 Å². The van der Waals surface area contributed by atoms with Gasteiger partial charge in [-0.1, -0.05) is 45.2 Å². The molecule has 9 nitrogen and oxygen atoms in total. The smallest absolute Gasteiger partial charge is 0.328 e. The molecule has 1 aliphatic heterocycles. The normalized spacial score (nSPS) is 18.3. The Morgan fingerprint density at radius 3 is 2.47 bits per heavy atom. The lowest BCUT2D eigenvalue weighted by Gasteiger charge is -2.35. The Bertz CT molecular complexity index is 1030. The summed E-state index contributed by atoms with van der Waals surface area (Å²) in [5.74, 6) is 1.10. The number of rotatable bonds is 8. The third kappa shape index (κ3) is 6.63. The number of carbonyl (C=O) groups excluding carboxylic acids is 2. The lowest BCUT2D eigenvalue weighted by atomic mass is 9.96. The molecule has 1 atom stereocenters.